The van der Waals surface area contributed by atoms with Crippen LogP contribution in [0.1, 0.15) is 40.0 Å². The second-order valence-electron chi connectivity index (χ2n) is 8.98. The first-order chi connectivity index (χ1) is 13.1. The van der Waals surface area contributed by atoms with E-state index in [-0.39, 0.29) is 47.8 Å². The molecule has 3 aliphatic rings. The predicted octanol–water partition coefficient (Wildman–Crippen LogP) is 0.952. The van der Waals surface area contributed by atoms with Crippen LogP contribution in [0, 0.1) is 11.8 Å². The van der Waals surface area contributed by atoms with Crippen molar-refractivity contribution in [3.8, 4) is 0 Å². The zero-order valence-corrected chi connectivity index (χ0v) is 17.3. The fourth-order valence-corrected chi connectivity index (χ4v) is 4.42. The van der Waals surface area contributed by atoms with Crippen molar-refractivity contribution in [2.45, 2.75) is 75.5 Å². The number of piperidine rings is 1. The molecule has 160 valence electrons. The molecule has 0 aromatic rings. The molecule has 7 nitrogen and oxygen atoms in total. The zero-order chi connectivity index (χ0) is 20.5. The lowest BCUT2D eigenvalue weighted by atomic mass is 9.86. The minimum absolute atomic E-state index is 0.0637. The Hall–Kier alpha value is -1.03. The van der Waals surface area contributed by atoms with Crippen LogP contribution < -0.4 is 26.8 Å². The van der Waals surface area contributed by atoms with E-state index < -0.39 is 18.3 Å². The number of aliphatic imine (C=N–C) groups is 1. The Kier molecular flexibility index (Phi) is 6.79. The summed E-state index contributed by atoms with van der Waals surface area (Å²) < 4.78 is 27.1. The largest absolute Gasteiger partial charge is 0.351 e. The number of hydrazine groups is 1. The number of carbonyl (C=O) groups excluding carboxylic acids is 1. The van der Waals surface area contributed by atoms with Gasteiger partial charge in [0.1, 0.15) is 18.5 Å². The normalized spacial score (nSPS) is 39.4. The van der Waals surface area contributed by atoms with E-state index in [1.807, 2.05) is 20.8 Å². The van der Waals surface area contributed by atoms with Gasteiger partial charge in [-0.25, -0.2) is 19.2 Å². The summed E-state index contributed by atoms with van der Waals surface area (Å²) in [6.07, 6.45) is -3.07. The fourth-order valence-electron chi connectivity index (χ4n) is 4.00. The Morgan fingerprint density at radius 2 is 1.89 bits per heavy atom. The first-order valence-corrected chi connectivity index (χ1v) is 10.4. The summed E-state index contributed by atoms with van der Waals surface area (Å²) >= 11 is 6.49. The molecule has 3 fully saturated rings. The van der Waals surface area contributed by atoms with Gasteiger partial charge in [-0.3, -0.25) is 15.5 Å². The molecule has 10 heteroatoms. The van der Waals surface area contributed by atoms with Gasteiger partial charge in [0.05, 0.1) is 5.38 Å². The summed E-state index contributed by atoms with van der Waals surface area (Å²) in [4.78, 5) is 17.4. The lowest BCUT2D eigenvalue weighted by molar-refractivity contribution is -0.125. The van der Waals surface area contributed by atoms with Crippen molar-refractivity contribution in [1.29, 1.82) is 0 Å². The number of amides is 1. The van der Waals surface area contributed by atoms with E-state index >= 15 is 0 Å². The number of rotatable bonds is 2. The molecule has 0 bridgehead atoms. The van der Waals surface area contributed by atoms with Crippen LogP contribution in [-0.2, 0) is 4.79 Å². The molecule has 5 N–H and O–H groups in total. The maximum Gasteiger partial charge on any atom is 0.229 e. The number of fused-ring (bicyclic) bond motifs is 1. The van der Waals surface area contributed by atoms with Crippen molar-refractivity contribution >= 4 is 23.5 Å². The molecular weight excluding hydrogens is 390 g/mol. The van der Waals surface area contributed by atoms with E-state index in [0.29, 0.717) is 18.9 Å². The highest BCUT2D eigenvalue weighted by molar-refractivity contribution is 6.21. The minimum atomic E-state index is -1.59. The molecule has 1 saturated carbocycles. The lowest BCUT2D eigenvalue weighted by Crippen LogP contribution is -2.53. The van der Waals surface area contributed by atoms with Crippen molar-refractivity contribution in [3.05, 3.63) is 0 Å². The van der Waals surface area contributed by atoms with Crippen molar-refractivity contribution in [2.75, 3.05) is 13.1 Å². The van der Waals surface area contributed by atoms with Gasteiger partial charge in [-0.2, -0.15) is 0 Å². The van der Waals surface area contributed by atoms with Gasteiger partial charge in [0.25, 0.3) is 0 Å². The van der Waals surface area contributed by atoms with Crippen LogP contribution >= 0.6 is 11.6 Å². The number of guanidine groups is 1. The maximum atomic E-state index is 13.7. The van der Waals surface area contributed by atoms with Crippen molar-refractivity contribution in [1.82, 2.24) is 26.8 Å². The van der Waals surface area contributed by atoms with Gasteiger partial charge in [0, 0.05) is 36.5 Å². The number of halogens is 3. The third-order valence-corrected chi connectivity index (χ3v) is 5.88. The average molecular weight is 421 g/mol. The van der Waals surface area contributed by atoms with Crippen LogP contribution in [0.15, 0.2) is 4.99 Å². The highest BCUT2D eigenvalue weighted by Gasteiger charge is 2.43. The fraction of sp³-hybridized carbons (Fsp3) is 0.889. The Labute approximate surface area is 169 Å². The maximum absolute atomic E-state index is 13.7. The molecule has 7 unspecified atom stereocenters. The molecule has 0 aromatic carbocycles. The number of nitrogens with one attached hydrogen (secondary N) is 5. The van der Waals surface area contributed by atoms with Gasteiger partial charge in [-0.15, -0.1) is 11.6 Å². The molecule has 0 aromatic heterocycles. The van der Waals surface area contributed by atoms with Crippen LogP contribution in [0.25, 0.3) is 0 Å². The van der Waals surface area contributed by atoms with E-state index in [1.54, 1.807) is 0 Å². The van der Waals surface area contributed by atoms with Gasteiger partial charge < -0.3 is 10.6 Å². The molecule has 0 radical (unpaired) electrons. The summed E-state index contributed by atoms with van der Waals surface area (Å²) in [7, 11) is 0. The standard InChI is InChI=1S/C18H31ClF2N6O/c1-18(2,3)25-17(24-16(28)9-4-5-11(20)12(21)6-9)23-15-14-10(19)7-22-8-13(14)26-27-15/h9-15,22,26-27H,4-8H2,1-3H3,(H2,23,24,25,28). The first-order valence-electron chi connectivity index (χ1n) is 9.95. The molecule has 2 saturated heterocycles. The van der Waals surface area contributed by atoms with Crippen LogP contribution in [0.2, 0.25) is 0 Å². The van der Waals surface area contributed by atoms with E-state index in [9.17, 15) is 13.6 Å². The van der Waals surface area contributed by atoms with Crippen molar-refractivity contribution in [3.63, 3.8) is 0 Å². The third-order valence-electron chi connectivity index (χ3n) is 5.43. The summed E-state index contributed by atoms with van der Waals surface area (Å²) in [5, 5.41) is 9.17. The average Bonchev–Trinajstić information content (AvgIpc) is 3.00. The minimum Gasteiger partial charge on any atom is -0.351 e. The second-order valence-corrected chi connectivity index (χ2v) is 9.54. The van der Waals surface area contributed by atoms with Crippen LogP contribution in [0.3, 0.4) is 0 Å². The van der Waals surface area contributed by atoms with E-state index in [2.05, 4.69) is 31.8 Å². The molecule has 1 aliphatic carbocycles. The Morgan fingerprint density at radius 3 is 2.57 bits per heavy atom. The van der Waals surface area contributed by atoms with Gasteiger partial charge in [-0.05, 0) is 40.0 Å². The summed E-state index contributed by atoms with van der Waals surface area (Å²) in [6.45, 7) is 7.35. The monoisotopic (exact) mass is 420 g/mol. The molecule has 2 heterocycles. The summed E-state index contributed by atoms with van der Waals surface area (Å²) in [5.74, 6) is -0.511. The number of hydrogen-bond donors (Lipinski definition) is 5. The molecule has 1 amide bonds. The van der Waals surface area contributed by atoms with Crippen LogP contribution in [0.5, 0.6) is 0 Å². The SMILES string of the molecule is CC(C)(C)N/C(=N\C1NNC2CNCC(Cl)C21)NC(=O)C1CCC(F)C(F)C1. The van der Waals surface area contributed by atoms with Crippen molar-refractivity contribution < 1.29 is 13.6 Å². The lowest BCUT2D eigenvalue weighted by Gasteiger charge is -2.32. The molecule has 2 aliphatic heterocycles. The number of alkyl halides is 3. The highest BCUT2D eigenvalue weighted by Crippen LogP contribution is 2.29. The van der Waals surface area contributed by atoms with E-state index in [0.717, 1.165) is 6.54 Å². The molecule has 7 atom stereocenters. The smallest absolute Gasteiger partial charge is 0.229 e. The first kappa shape index (κ1) is 21.7. The molecule has 0 spiro atoms. The Balaban J connectivity index is 1.72. The van der Waals surface area contributed by atoms with Gasteiger partial charge >= 0.3 is 0 Å². The Bertz CT molecular complexity index is 601. The molecular formula is C18H31ClF2N6O. The highest BCUT2D eigenvalue weighted by atomic mass is 35.5. The second kappa shape index (κ2) is 8.77. The van der Waals surface area contributed by atoms with E-state index in [4.69, 9.17) is 11.6 Å². The zero-order valence-electron chi connectivity index (χ0n) is 16.6. The van der Waals surface area contributed by atoms with E-state index in [1.165, 1.54) is 0 Å². The predicted molar refractivity (Wildman–Crippen MR) is 105 cm³/mol. The Morgan fingerprint density at radius 1 is 1.14 bits per heavy atom. The third kappa shape index (κ3) is 5.31. The molecule has 3 rings (SSSR count). The number of carbonyl (C=O) groups is 1. The number of hydrogen-bond acceptors (Lipinski definition) is 5. The van der Waals surface area contributed by atoms with Gasteiger partial charge in [0.15, 0.2) is 5.96 Å². The molecule has 28 heavy (non-hydrogen) atoms. The summed E-state index contributed by atoms with van der Waals surface area (Å²) in [6, 6.07) is 0.142. The number of nitrogens with zero attached hydrogens (tertiary/aromatic N) is 1. The van der Waals surface area contributed by atoms with Crippen LogP contribution in [-0.4, -0.2) is 60.4 Å². The van der Waals surface area contributed by atoms with Crippen molar-refractivity contribution in [2.24, 2.45) is 16.8 Å². The quantitative estimate of drug-likeness (QED) is 0.261. The van der Waals surface area contributed by atoms with Gasteiger partial charge in [-0.1, -0.05) is 0 Å². The van der Waals surface area contributed by atoms with Gasteiger partial charge in [0.2, 0.25) is 5.91 Å². The topological polar surface area (TPSA) is 89.6 Å². The van der Waals surface area contributed by atoms with Crippen LogP contribution in [0.4, 0.5) is 8.78 Å². The summed E-state index contributed by atoms with van der Waals surface area (Å²) in [5.41, 5.74) is 6.00.